The third-order valence-corrected chi connectivity index (χ3v) is 2.91. The van der Waals surface area contributed by atoms with Gasteiger partial charge in [-0.2, -0.15) is 0 Å². The standard InChI is InChI=1S/C17H20N2O2/c1-13(18)11-14-7-9-16(10-8-14)21-12-17(20)19-15-5-3-2-4-6-15/h2-10,13H,11-12,18H2,1H3,(H,19,20). The normalized spacial score (nSPS) is 11.7. The summed E-state index contributed by atoms with van der Waals surface area (Å²) in [7, 11) is 0. The Labute approximate surface area is 124 Å². The van der Waals surface area contributed by atoms with Gasteiger partial charge in [0.25, 0.3) is 5.91 Å². The minimum Gasteiger partial charge on any atom is -0.484 e. The van der Waals surface area contributed by atoms with Crippen LogP contribution in [0.4, 0.5) is 5.69 Å². The molecular weight excluding hydrogens is 264 g/mol. The second-order valence-corrected chi connectivity index (χ2v) is 5.03. The van der Waals surface area contributed by atoms with Crippen molar-refractivity contribution in [1.82, 2.24) is 0 Å². The van der Waals surface area contributed by atoms with E-state index >= 15 is 0 Å². The maximum Gasteiger partial charge on any atom is 0.262 e. The lowest BCUT2D eigenvalue weighted by Crippen LogP contribution is -2.20. The van der Waals surface area contributed by atoms with E-state index in [0.717, 1.165) is 17.7 Å². The minimum atomic E-state index is -0.180. The van der Waals surface area contributed by atoms with Crippen LogP contribution in [0.5, 0.6) is 5.75 Å². The van der Waals surface area contributed by atoms with Crippen molar-refractivity contribution in [3.63, 3.8) is 0 Å². The molecule has 2 rings (SSSR count). The summed E-state index contributed by atoms with van der Waals surface area (Å²) in [5, 5.41) is 2.77. The summed E-state index contributed by atoms with van der Waals surface area (Å²) in [6, 6.07) is 17.1. The summed E-state index contributed by atoms with van der Waals surface area (Å²) in [4.78, 5) is 11.7. The Balaban J connectivity index is 1.81. The summed E-state index contributed by atoms with van der Waals surface area (Å²) in [6.07, 6.45) is 0.828. The van der Waals surface area contributed by atoms with Crippen LogP contribution in [0.2, 0.25) is 0 Å². The van der Waals surface area contributed by atoms with Crippen molar-refractivity contribution >= 4 is 11.6 Å². The van der Waals surface area contributed by atoms with Crippen molar-refractivity contribution in [2.24, 2.45) is 5.73 Å². The first kappa shape index (κ1) is 15.1. The van der Waals surface area contributed by atoms with E-state index in [-0.39, 0.29) is 18.6 Å². The van der Waals surface area contributed by atoms with Gasteiger partial charge in [0.15, 0.2) is 6.61 Å². The molecule has 1 amide bonds. The first-order valence-corrected chi connectivity index (χ1v) is 6.96. The molecule has 110 valence electrons. The molecule has 0 aliphatic rings. The molecule has 0 radical (unpaired) electrons. The highest BCUT2D eigenvalue weighted by Gasteiger charge is 2.04. The molecule has 21 heavy (non-hydrogen) atoms. The number of nitrogens with one attached hydrogen (secondary N) is 1. The van der Waals surface area contributed by atoms with Crippen molar-refractivity contribution in [2.75, 3.05) is 11.9 Å². The highest BCUT2D eigenvalue weighted by molar-refractivity contribution is 5.91. The molecule has 0 aromatic heterocycles. The predicted octanol–water partition coefficient (Wildman–Crippen LogP) is 2.59. The van der Waals surface area contributed by atoms with Gasteiger partial charge in [-0.3, -0.25) is 4.79 Å². The molecule has 0 aliphatic heterocycles. The SMILES string of the molecule is CC(N)Cc1ccc(OCC(=O)Nc2ccccc2)cc1. The number of anilines is 1. The van der Waals surface area contributed by atoms with E-state index in [4.69, 9.17) is 10.5 Å². The van der Waals surface area contributed by atoms with Crippen molar-refractivity contribution in [1.29, 1.82) is 0 Å². The average molecular weight is 284 g/mol. The lowest BCUT2D eigenvalue weighted by atomic mass is 10.1. The predicted molar refractivity (Wildman–Crippen MR) is 84.4 cm³/mol. The molecular formula is C17H20N2O2. The Hall–Kier alpha value is -2.33. The number of benzene rings is 2. The van der Waals surface area contributed by atoms with E-state index in [2.05, 4.69) is 5.32 Å². The summed E-state index contributed by atoms with van der Waals surface area (Å²) in [5.74, 6) is 0.493. The molecule has 0 saturated heterocycles. The van der Waals surface area contributed by atoms with Gasteiger partial charge in [0.05, 0.1) is 0 Å². The van der Waals surface area contributed by atoms with Crippen LogP contribution in [0.3, 0.4) is 0 Å². The molecule has 0 bridgehead atoms. The van der Waals surface area contributed by atoms with Crippen LogP contribution in [0.15, 0.2) is 54.6 Å². The molecule has 3 N–H and O–H groups in total. The highest BCUT2D eigenvalue weighted by Crippen LogP contribution is 2.13. The first-order chi connectivity index (χ1) is 10.1. The first-order valence-electron chi connectivity index (χ1n) is 6.96. The number of hydrogen-bond donors (Lipinski definition) is 2. The number of hydrogen-bond acceptors (Lipinski definition) is 3. The van der Waals surface area contributed by atoms with Gasteiger partial charge >= 0.3 is 0 Å². The third-order valence-electron chi connectivity index (χ3n) is 2.91. The van der Waals surface area contributed by atoms with E-state index < -0.39 is 0 Å². The smallest absolute Gasteiger partial charge is 0.262 e. The van der Waals surface area contributed by atoms with Gasteiger partial charge in [-0.15, -0.1) is 0 Å². The Morgan fingerprint density at radius 3 is 2.43 bits per heavy atom. The number of ether oxygens (including phenoxy) is 1. The molecule has 1 atom stereocenters. The molecule has 0 fully saturated rings. The Morgan fingerprint density at radius 1 is 1.14 bits per heavy atom. The molecule has 2 aromatic carbocycles. The zero-order chi connectivity index (χ0) is 15.1. The van der Waals surface area contributed by atoms with Crippen LogP contribution in [-0.4, -0.2) is 18.6 Å². The van der Waals surface area contributed by atoms with Crippen LogP contribution in [0.25, 0.3) is 0 Å². The maximum atomic E-state index is 11.7. The van der Waals surface area contributed by atoms with Gasteiger partial charge in [-0.1, -0.05) is 30.3 Å². The quantitative estimate of drug-likeness (QED) is 0.857. The Kier molecular flexibility index (Phi) is 5.35. The van der Waals surface area contributed by atoms with Crippen molar-refractivity contribution < 1.29 is 9.53 Å². The molecule has 0 heterocycles. The topological polar surface area (TPSA) is 64.3 Å². The number of nitrogens with two attached hydrogens (primary N) is 1. The largest absolute Gasteiger partial charge is 0.484 e. The lowest BCUT2D eigenvalue weighted by molar-refractivity contribution is -0.118. The summed E-state index contributed by atoms with van der Waals surface area (Å²) in [6.45, 7) is 1.96. The van der Waals surface area contributed by atoms with E-state index in [1.165, 1.54) is 0 Å². The molecule has 1 unspecified atom stereocenters. The fourth-order valence-corrected chi connectivity index (χ4v) is 1.96. The maximum absolute atomic E-state index is 11.7. The number of carbonyl (C=O) groups excluding carboxylic acids is 1. The second-order valence-electron chi connectivity index (χ2n) is 5.03. The van der Waals surface area contributed by atoms with E-state index in [9.17, 15) is 4.79 Å². The van der Waals surface area contributed by atoms with Gasteiger partial charge in [0.1, 0.15) is 5.75 Å². The van der Waals surface area contributed by atoms with Gasteiger partial charge in [0, 0.05) is 11.7 Å². The molecule has 2 aromatic rings. The Bertz CT molecular complexity index is 565. The molecule has 0 saturated carbocycles. The fourth-order valence-electron chi connectivity index (χ4n) is 1.96. The number of rotatable bonds is 6. The zero-order valence-electron chi connectivity index (χ0n) is 12.1. The van der Waals surface area contributed by atoms with Crippen LogP contribution < -0.4 is 15.8 Å². The van der Waals surface area contributed by atoms with E-state index in [1.54, 1.807) is 0 Å². The van der Waals surface area contributed by atoms with Crippen molar-refractivity contribution in [3.05, 3.63) is 60.2 Å². The van der Waals surface area contributed by atoms with Crippen LogP contribution in [0.1, 0.15) is 12.5 Å². The van der Waals surface area contributed by atoms with Crippen molar-refractivity contribution in [3.8, 4) is 5.75 Å². The summed E-state index contributed by atoms with van der Waals surface area (Å²) < 4.78 is 5.46. The van der Waals surface area contributed by atoms with Crippen LogP contribution >= 0.6 is 0 Å². The van der Waals surface area contributed by atoms with Gasteiger partial charge < -0.3 is 15.8 Å². The monoisotopic (exact) mass is 284 g/mol. The number of amides is 1. The van der Waals surface area contributed by atoms with Crippen LogP contribution in [-0.2, 0) is 11.2 Å². The summed E-state index contributed by atoms with van der Waals surface area (Å²) in [5.41, 5.74) is 7.67. The van der Waals surface area contributed by atoms with E-state index in [0.29, 0.717) is 5.75 Å². The van der Waals surface area contributed by atoms with Crippen LogP contribution in [0, 0.1) is 0 Å². The van der Waals surface area contributed by atoms with Gasteiger partial charge in [0.2, 0.25) is 0 Å². The molecule has 4 heteroatoms. The average Bonchev–Trinajstić information content (AvgIpc) is 2.47. The molecule has 0 spiro atoms. The number of para-hydroxylation sites is 1. The number of carbonyl (C=O) groups is 1. The Morgan fingerprint density at radius 2 is 1.81 bits per heavy atom. The van der Waals surface area contributed by atoms with Gasteiger partial charge in [-0.05, 0) is 43.2 Å². The van der Waals surface area contributed by atoms with Crippen molar-refractivity contribution in [2.45, 2.75) is 19.4 Å². The zero-order valence-corrected chi connectivity index (χ0v) is 12.1. The molecule has 0 aliphatic carbocycles. The third kappa shape index (κ3) is 5.28. The van der Waals surface area contributed by atoms with Gasteiger partial charge in [-0.25, -0.2) is 0 Å². The second kappa shape index (κ2) is 7.45. The van der Waals surface area contributed by atoms with E-state index in [1.807, 2.05) is 61.5 Å². The lowest BCUT2D eigenvalue weighted by Gasteiger charge is -2.09. The minimum absolute atomic E-state index is 0.0124. The molecule has 4 nitrogen and oxygen atoms in total. The fraction of sp³-hybridized carbons (Fsp3) is 0.235. The summed E-state index contributed by atoms with van der Waals surface area (Å²) >= 11 is 0. The highest BCUT2D eigenvalue weighted by atomic mass is 16.5.